The van der Waals surface area contributed by atoms with Crippen LogP contribution in [0.5, 0.6) is 11.5 Å². The number of hydrogen-bond acceptors (Lipinski definition) is 4. The molecule has 4 nitrogen and oxygen atoms in total. The van der Waals surface area contributed by atoms with Crippen molar-refractivity contribution in [2.45, 2.75) is 19.3 Å². The van der Waals surface area contributed by atoms with Crippen LogP contribution in [0.4, 0.5) is 0 Å². The molecule has 0 aliphatic rings. The number of aromatic hydroxyl groups is 2. The van der Waals surface area contributed by atoms with Crippen LogP contribution in [0, 0.1) is 0 Å². The second kappa shape index (κ2) is 5.57. The fourth-order valence-corrected chi connectivity index (χ4v) is 2.77. The highest BCUT2D eigenvalue weighted by Gasteiger charge is 2.28. The predicted molar refractivity (Wildman–Crippen MR) is 94.5 cm³/mol. The summed E-state index contributed by atoms with van der Waals surface area (Å²) >= 11 is 0. The van der Waals surface area contributed by atoms with Crippen molar-refractivity contribution in [3.8, 4) is 22.8 Å². The molecule has 0 saturated carbocycles. The van der Waals surface area contributed by atoms with Gasteiger partial charge in [0.05, 0.1) is 0 Å². The molecule has 0 unspecified atom stereocenters. The van der Waals surface area contributed by atoms with E-state index in [0.29, 0.717) is 11.3 Å². The van der Waals surface area contributed by atoms with E-state index in [1.54, 1.807) is 6.08 Å². The minimum atomic E-state index is -0.652. The van der Waals surface area contributed by atoms with Crippen LogP contribution in [0.15, 0.2) is 64.3 Å². The zero-order valence-corrected chi connectivity index (χ0v) is 13.5. The molecule has 0 fully saturated rings. The van der Waals surface area contributed by atoms with Crippen molar-refractivity contribution in [3.05, 3.63) is 70.9 Å². The molecule has 3 rings (SSSR count). The summed E-state index contributed by atoms with van der Waals surface area (Å²) in [5, 5.41) is 20.5. The van der Waals surface area contributed by atoms with Crippen LogP contribution in [0.2, 0.25) is 0 Å². The Bertz CT molecular complexity index is 982. The molecule has 0 aliphatic carbocycles. The fraction of sp³-hybridized carbons (Fsp3) is 0.150. The van der Waals surface area contributed by atoms with Crippen molar-refractivity contribution in [1.82, 2.24) is 0 Å². The van der Waals surface area contributed by atoms with E-state index in [4.69, 9.17) is 4.42 Å². The standard InChI is InChI=1S/C20H18O4/c1-4-20(2,3)18-15(23)10-13(21)17-14(22)11-16(24-19(17)18)12-8-6-5-7-9-12/h4-11,21,23H,1H2,2-3H3. The predicted octanol–water partition coefficient (Wildman–Crippen LogP) is 4.33. The minimum absolute atomic E-state index is 0.0532. The summed E-state index contributed by atoms with van der Waals surface area (Å²) < 4.78 is 5.94. The van der Waals surface area contributed by atoms with E-state index in [9.17, 15) is 15.0 Å². The molecule has 0 radical (unpaired) electrons. The molecular weight excluding hydrogens is 304 g/mol. The van der Waals surface area contributed by atoms with Gasteiger partial charge in [0.25, 0.3) is 0 Å². The lowest BCUT2D eigenvalue weighted by Gasteiger charge is -2.23. The van der Waals surface area contributed by atoms with Gasteiger partial charge in [-0.15, -0.1) is 6.58 Å². The van der Waals surface area contributed by atoms with Gasteiger partial charge in [0.2, 0.25) is 0 Å². The Labute approximate surface area is 139 Å². The van der Waals surface area contributed by atoms with Crippen molar-refractivity contribution in [2.24, 2.45) is 0 Å². The van der Waals surface area contributed by atoms with Crippen molar-refractivity contribution in [3.63, 3.8) is 0 Å². The van der Waals surface area contributed by atoms with Crippen molar-refractivity contribution < 1.29 is 14.6 Å². The van der Waals surface area contributed by atoms with E-state index >= 15 is 0 Å². The summed E-state index contributed by atoms with van der Waals surface area (Å²) in [6.45, 7) is 7.48. The van der Waals surface area contributed by atoms with Gasteiger partial charge in [-0.1, -0.05) is 50.3 Å². The fourth-order valence-electron chi connectivity index (χ4n) is 2.77. The maximum Gasteiger partial charge on any atom is 0.197 e. The van der Waals surface area contributed by atoms with E-state index in [0.717, 1.165) is 5.56 Å². The van der Waals surface area contributed by atoms with Gasteiger partial charge in [-0.3, -0.25) is 4.79 Å². The lowest BCUT2D eigenvalue weighted by atomic mass is 9.83. The number of rotatable bonds is 3. The summed E-state index contributed by atoms with van der Waals surface area (Å²) in [4.78, 5) is 12.5. The molecule has 0 amide bonds. The van der Waals surface area contributed by atoms with Gasteiger partial charge in [0.15, 0.2) is 5.43 Å². The largest absolute Gasteiger partial charge is 0.507 e. The summed E-state index contributed by atoms with van der Waals surface area (Å²) in [5.74, 6) is -0.0723. The van der Waals surface area contributed by atoms with Crippen LogP contribution in [-0.2, 0) is 5.41 Å². The first-order valence-corrected chi connectivity index (χ1v) is 7.57. The molecule has 1 heterocycles. The normalized spacial score (nSPS) is 11.6. The molecule has 24 heavy (non-hydrogen) atoms. The Kier molecular flexibility index (Phi) is 3.68. The first-order chi connectivity index (χ1) is 11.3. The Morgan fingerprint density at radius 2 is 1.75 bits per heavy atom. The molecule has 0 spiro atoms. The van der Waals surface area contributed by atoms with E-state index < -0.39 is 5.41 Å². The highest BCUT2D eigenvalue weighted by Crippen LogP contribution is 2.41. The number of fused-ring (bicyclic) bond motifs is 1. The van der Waals surface area contributed by atoms with Gasteiger partial charge in [-0.2, -0.15) is 0 Å². The van der Waals surface area contributed by atoms with Gasteiger partial charge < -0.3 is 14.6 Å². The zero-order valence-electron chi connectivity index (χ0n) is 13.5. The van der Waals surface area contributed by atoms with E-state index in [2.05, 4.69) is 6.58 Å². The molecule has 4 heteroatoms. The number of allylic oxidation sites excluding steroid dienone is 1. The third-order valence-electron chi connectivity index (χ3n) is 4.17. The van der Waals surface area contributed by atoms with Crippen LogP contribution in [0.1, 0.15) is 19.4 Å². The van der Waals surface area contributed by atoms with Crippen molar-refractivity contribution in [2.75, 3.05) is 0 Å². The molecular formula is C20H18O4. The molecule has 2 aromatic carbocycles. The monoisotopic (exact) mass is 322 g/mol. The zero-order chi connectivity index (χ0) is 17.5. The maximum atomic E-state index is 12.5. The van der Waals surface area contributed by atoms with Crippen LogP contribution < -0.4 is 5.43 Å². The molecule has 2 N–H and O–H groups in total. The molecule has 3 aromatic rings. The number of hydrogen-bond donors (Lipinski definition) is 2. The Hall–Kier alpha value is -3.01. The van der Waals surface area contributed by atoms with E-state index in [-0.39, 0.29) is 27.9 Å². The van der Waals surface area contributed by atoms with Gasteiger partial charge in [0, 0.05) is 28.7 Å². The summed E-state index contributed by atoms with van der Waals surface area (Å²) in [7, 11) is 0. The van der Waals surface area contributed by atoms with Crippen LogP contribution in [-0.4, -0.2) is 10.2 Å². The second-order valence-electron chi connectivity index (χ2n) is 6.26. The number of benzene rings is 2. The molecule has 0 bridgehead atoms. The van der Waals surface area contributed by atoms with Crippen molar-refractivity contribution >= 4 is 11.0 Å². The summed E-state index contributed by atoms with van der Waals surface area (Å²) in [5.41, 5.74) is 0.306. The van der Waals surface area contributed by atoms with E-state index in [1.807, 2.05) is 44.2 Å². The molecule has 0 atom stereocenters. The summed E-state index contributed by atoms with van der Waals surface area (Å²) in [6, 6.07) is 11.7. The second-order valence-corrected chi connectivity index (χ2v) is 6.26. The Morgan fingerprint density at radius 3 is 2.38 bits per heavy atom. The van der Waals surface area contributed by atoms with Crippen LogP contribution in [0.25, 0.3) is 22.3 Å². The average Bonchev–Trinajstić information content (AvgIpc) is 2.54. The lowest BCUT2D eigenvalue weighted by molar-refractivity contribution is 0.437. The lowest BCUT2D eigenvalue weighted by Crippen LogP contribution is -2.15. The van der Waals surface area contributed by atoms with Gasteiger partial charge in [-0.25, -0.2) is 0 Å². The van der Waals surface area contributed by atoms with Crippen LogP contribution in [0.3, 0.4) is 0 Å². The highest BCUT2D eigenvalue weighted by molar-refractivity contribution is 5.90. The SMILES string of the molecule is C=CC(C)(C)c1c(O)cc(O)c2c(=O)cc(-c3ccccc3)oc12. The van der Waals surface area contributed by atoms with Gasteiger partial charge >= 0.3 is 0 Å². The molecule has 1 aromatic heterocycles. The third kappa shape index (κ3) is 2.46. The maximum absolute atomic E-state index is 12.5. The number of phenolic OH excluding ortho intramolecular Hbond substituents is 2. The topological polar surface area (TPSA) is 70.7 Å². The first-order valence-electron chi connectivity index (χ1n) is 7.57. The minimum Gasteiger partial charge on any atom is -0.507 e. The Morgan fingerprint density at radius 1 is 1.08 bits per heavy atom. The molecule has 0 saturated heterocycles. The number of phenols is 2. The Balaban J connectivity index is 2.46. The quantitative estimate of drug-likeness (QED) is 0.704. The smallest absolute Gasteiger partial charge is 0.197 e. The first kappa shape index (κ1) is 15.9. The van der Waals surface area contributed by atoms with Gasteiger partial charge in [0.1, 0.15) is 28.2 Å². The van der Waals surface area contributed by atoms with E-state index in [1.165, 1.54) is 12.1 Å². The molecule has 122 valence electrons. The average molecular weight is 322 g/mol. The van der Waals surface area contributed by atoms with Gasteiger partial charge in [-0.05, 0) is 0 Å². The highest BCUT2D eigenvalue weighted by atomic mass is 16.3. The van der Waals surface area contributed by atoms with Crippen LogP contribution >= 0.6 is 0 Å². The third-order valence-corrected chi connectivity index (χ3v) is 4.17. The molecule has 0 aliphatic heterocycles. The van der Waals surface area contributed by atoms with Crippen molar-refractivity contribution in [1.29, 1.82) is 0 Å². The summed E-state index contributed by atoms with van der Waals surface area (Å²) in [6.07, 6.45) is 1.66.